The number of rotatable bonds is 5. The smallest absolute Gasteiger partial charge is 0.0463 e. The molecule has 1 aromatic carbocycles. The van der Waals surface area contributed by atoms with Crippen molar-refractivity contribution < 1.29 is 0 Å². The van der Waals surface area contributed by atoms with Crippen molar-refractivity contribution in [1.82, 2.24) is 0 Å². The molecule has 2 N–H and O–H groups in total. The van der Waals surface area contributed by atoms with Gasteiger partial charge in [-0.3, -0.25) is 0 Å². The van der Waals surface area contributed by atoms with Crippen LogP contribution >= 0.6 is 27.7 Å². The Morgan fingerprint density at radius 2 is 2.20 bits per heavy atom. The Labute approximate surface area is 105 Å². The third-order valence-electron chi connectivity index (χ3n) is 2.28. The first-order chi connectivity index (χ1) is 7.13. The van der Waals surface area contributed by atoms with Gasteiger partial charge in [-0.25, -0.2) is 0 Å². The van der Waals surface area contributed by atoms with Gasteiger partial charge < -0.3 is 5.73 Å². The fourth-order valence-corrected chi connectivity index (χ4v) is 2.86. The zero-order valence-corrected chi connectivity index (χ0v) is 11.7. The maximum atomic E-state index is 5.93. The van der Waals surface area contributed by atoms with Crippen LogP contribution in [-0.2, 0) is 0 Å². The second-order valence-corrected chi connectivity index (χ2v) is 5.86. The quantitative estimate of drug-likeness (QED) is 0.635. The van der Waals surface area contributed by atoms with Gasteiger partial charge in [0.15, 0.2) is 0 Å². The van der Waals surface area contributed by atoms with Gasteiger partial charge >= 0.3 is 0 Å². The molecule has 84 valence electrons. The summed E-state index contributed by atoms with van der Waals surface area (Å²) in [6.45, 7) is 4.53. The van der Waals surface area contributed by atoms with Gasteiger partial charge in [0, 0.05) is 20.8 Å². The maximum absolute atomic E-state index is 5.93. The second-order valence-electron chi connectivity index (χ2n) is 3.89. The molecule has 3 heteroatoms. The lowest BCUT2D eigenvalue weighted by molar-refractivity contribution is 0.585. The molecular formula is C12H18BrNS. The highest BCUT2D eigenvalue weighted by Gasteiger charge is 2.04. The van der Waals surface area contributed by atoms with Crippen LogP contribution in [0.4, 0.5) is 5.69 Å². The van der Waals surface area contributed by atoms with Gasteiger partial charge in [0.25, 0.3) is 0 Å². The van der Waals surface area contributed by atoms with Crippen LogP contribution in [0.15, 0.2) is 27.6 Å². The van der Waals surface area contributed by atoms with Gasteiger partial charge in [-0.15, -0.1) is 11.8 Å². The third-order valence-corrected chi connectivity index (χ3v) is 4.19. The molecule has 0 heterocycles. The normalized spacial score (nSPS) is 12.7. The summed E-state index contributed by atoms with van der Waals surface area (Å²) in [6.07, 6.45) is 2.56. The van der Waals surface area contributed by atoms with Crippen molar-refractivity contribution in [2.45, 2.75) is 31.6 Å². The largest absolute Gasteiger partial charge is 0.398 e. The topological polar surface area (TPSA) is 26.0 Å². The van der Waals surface area contributed by atoms with Crippen molar-refractivity contribution in [3.8, 4) is 0 Å². The molecule has 0 fully saturated rings. The first kappa shape index (κ1) is 12.9. The zero-order valence-electron chi connectivity index (χ0n) is 9.29. The van der Waals surface area contributed by atoms with Crippen LogP contribution in [0.25, 0.3) is 0 Å². The van der Waals surface area contributed by atoms with Crippen LogP contribution in [0.1, 0.15) is 26.7 Å². The van der Waals surface area contributed by atoms with Gasteiger partial charge in [0.2, 0.25) is 0 Å². The van der Waals surface area contributed by atoms with Crippen molar-refractivity contribution in [3.05, 3.63) is 22.7 Å². The molecule has 0 saturated carbocycles. The minimum Gasteiger partial charge on any atom is -0.398 e. The Morgan fingerprint density at radius 3 is 2.80 bits per heavy atom. The van der Waals surface area contributed by atoms with Crippen molar-refractivity contribution in [2.75, 3.05) is 11.5 Å². The number of nitrogen functional groups attached to an aromatic ring is 1. The predicted octanol–water partition coefficient (Wildman–Crippen LogP) is 4.56. The van der Waals surface area contributed by atoms with E-state index < -0.39 is 0 Å². The average molecular weight is 288 g/mol. The lowest BCUT2D eigenvalue weighted by Crippen LogP contribution is -1.98. The number of thioether (sulfide) groups is 1. The van der Waals surface area contributed by atoms with Gasteiger partial charge in [0.1, 0.15) is 0 Å². The van der Waals surface area contributed by atoms with Gasteiger partial charge in [0.05, 0.1) is 0 Å². The molecule has 1 atom stereocenters. The summed E-state index contributed by atoms with van der Waals surface area (Å²) < 4.78 is 1.05. The molecule has 1 unspecified atom stereocenters. The van der Waals surface area contributed by atoms with Crippen LogP contribution in [0.5, 0.6) is 0 Å². The standard InChI is InChI=1S/C12H18BrNS/c1-3-4-9(2)8-15-12-6-5-10(13)7-11(12)14/h5-7,9H,3-4,8,14H2,1-2H3. The van der Waals surface area contributed by atoms with Crippen LogP contribution in [0, 0.1) is 5.92 Å². The Morgan fingerprint density at radius 1 is 1.47 bits per heavy atom. The van der Waals surface area contributed by atoms with Crippen LogP contribution in [0.2, 0.25) is 0 Å². The average Bonchev–Trinajstić information content (AvgIpc) is 2.17. The Balaban J connectivity index is 2.50. The van der Waals surface area contributed by atoms with E-state index >= 15 is 0 Å². The lowest BCUT2D eigenvalue weighted by atomic mass is 10.1. The monoisotopic (exact) mass is 287 g/mol. The van der Waals surface area contributed by atoms with E-state index in [1.165, 1.54) is 17.7 Å². The first-order valence-corrected chi connectivity index (χ1v) is 7.09. The minimum atomic E-state index is 0.767. The van der Waals surface area contributed by atoms with Gasteiger partial charge in [-0.1, -0.05) is 42.6 Å². The summed E-state index contributed by atoms with van der Waals surface area (Å²) in [5, 5.41) is 0. The van der Waals surface area contributed by atoms with Crippen molar-refractivity contribution in [1.29, 1.82) is 0 Å². The van der Waals surface area contributed by atoms with E-state index in [1.807, 2.05) is 23.9 Å². The van der Waals surface area contributed by atoms with Crippen LogP contribution in [-0.4, -0.2) is 5.75 Å². The molecule has 0 aliphatic carbocycles. The number of nitrogens with two attached hydrogens (primary N) is 1. The number of hydrogen-bond donors (Lipinski definition) is 1. The first-order valence-electron chi connectivity index (χ1n) is 5.31. The van der Waals surface area contributed by atoms with E-state index in [2.05, 4.69) is 35.8 Å². The number of halogens is 1. The van der Waals surface area contributed by atoms with Crippen LogP contribution < -0.4 is 5.73 Å². The van der Waals surface area contributed by atoms with E-state index in [0.29, 0.717) is 0 Å². The van der Waals surface area contributed by atoms with E-state index in [9.17, 15) is 0 Å². The van der Waals surface area contributed by atoms with Gasteiger partial charge in [-0.05, 0) is 24.1 Å². The number of benzene rings is 1. The van der Waals surface area contributed by atoms with Crippen molar-refractivity contribution in [2.24, 2.45) is 5.92 Å². The molecule has 0 bridgehead atoms. The van der Waals surface area contributed by atoms with Crippen LogP contribution in [0.3, 0.4) is 0 Å². The molecule has 0 amide bonds. The Kier molecular flexibility index (Phi) is 5.54. The molecule has 0 aliphatic heterocycles. The van der Waals surface area contributed by atoms with Gasteiger partial charge in [-0.2, -0.15) is 0 Å². The Hall–Kier alpha value is -0.150. The van der Waals surface area contributed by atoms with E-state index in [1.54, 1.807) is 0 Å². The zero-order chi connectivity index (χ0) is 11.3. The summed E-state index contributed by atoms with van der Waals surface area (Å²) in [6, 6.07) is 6.10. The highest BCUT2D eigenvalue weighted by atomic mass is 79.9. The lowest BCUT2D eigenvalue weighted by Gasteiger charge is -2.10. The van der Waals surface area contributed by atoms with E-state index in [-0.39, 0.29) is 0 Å². The molecular weight excluding hydrogens is 270 g/mol. The molecule has 0 saturated heterocycles. The molecule has 0 spiro atoms. The summed E-state index contributed by atoms with van der Waals surface area (Å²) >= 11 is 5.27. The highest BCUT2D eigenvalue weighted by molar-refractivity contribution is 9.10. The highest BCUT2D eigenvalue weighted by Crippen LogP contribution is 2.29. The molecule has 15 heavy (non-hydrogen) atoms. The maximum Gasteiger partial charge on any atom is 0.0463 e. The molecule has 0 aliphatic rings. The summed E-state index contributed by atoms with van der Waals surface area (Å²) in [5.74, 6) is 1.92. The predicted molar refractivity (Wildman–Crippen MR) is 73.4 cm³/mol. The molecule has 0 radical (unpaired) electrons. The summed E-state index contributed by atoms with van der Waals surface area (Å²) in [5.41, 5.74) is 6.80. The van der Waals surface area contributed by atoms with Crippen molar-refractivity contribution in [3.63, 3.8) is 0 Å². The fraction of sp³-hybridized carbons (Fsp3) is 0.500. The molecule has 1 rings (SSSR count). The SMILES string of the molecule is CCCC(C)CSc1ccc(Br)cc1N. The summed E-state index contributed by atoms with van der Waals surface area (Å²) in [4.78, 5) is 1.20. The number of hydrogen-bond acceptors (Lipinski definition) is 2. The number of anilines is 1. The molecule has 1 aromatic rings. The van der Waals surface area contributed by atoms with E-state index in [0.717, 1.165) is 21.8 Å². The Bertz CT molecular complexity index is 314. The third kappa shape index (κ3) is 4.47. The molecule has 1 nitrogen and oxygen atoms in total. The second kappa shape index (κ2) is 6.44. The van der Waals surface area contributed by atoms with E-state index in [4.69, 9.17) is 5.73 Å². The van der Waals surface area contributed by atoms with Crippen molar-refractivity contribution >= 4 is 33.4 Å². The minimum absolute atomic E-state index is 0.767. The fourth-order valence-electron chi connectivity index (χ4n) is 1.46. The summed E-state index contributed by atoms with van der Waals surface area (Å²) in [7, 11) is 0. The molecule has 0 aromatic heterocycles.